The summed E-state index contributed by atoms with van der Waals surface area (Å²) >= 11 is 1.59. The molecule has 3 aromatic rings. The first-order chi connectivity index (χ1) is 16.7. The molecule has 3 N–H and O–H groups in total. The number of rotatable bonds is 10. The van der Waals surface area contributed by atoms with Crippen molar-refractivity contribution in [3.05, 3.63) is 47.3 Å². The summed E-state index contributed by atoms with van der Waals surface area (Å²) < 4.78 is 21.3. The van der Waals surface area contributed by atoms with Crippen LogP contribution in [-0.4, -0.2) is 50.9 Å². The van der Waals surface area contributed by atoms with Gasteiger partial charge in [-0.1, -0.05) is 13.8 Å². The molecule has 1 aromatic carbocycles. The van der Waals surface area contributed by atoms with E-state index in [2.05, 4.69) is 38.8 Å². The van der Waals surface area contributed by atoms with Crippen LogP contribution in [0.5, 0.6) is 0 Å². The quantitative estimate of drug-likeness (QED) is 0.327. The number of hydrogen-bond acceptors (Lipinski definition) is 9. The Morgan fingerprint density at radius 3 is 2.60 bits per heavy atom. The number of hydrogen-bond donors (Lipinski definition) is 3. The summed E-state index contributed by atoms with van der Waals surface area (Å²) in [5.41, 5.74) is 2.52. The Bertz CT molecular complexity index is 1240. The highest BCUT2D eigenvalue weighted by atomic mass is 32.2. The minimum absolute atomic E-state index is 0.0113. The van der Waals surface area contributed by atoms with Crippen LogP contribution in [0.1, 0.15) is 27.2 Å². The first-order valence-corrected chi connectivity index (χ1v) is 14.1. The molecule has 0 fully saturated rings. The molecule has 0 bridgehead atoms. The van der Waals surface area contributed by atoms with Crippen molar-refractivity contribution < 1.29 is 18.8 Å². The number of ether oxygens (including phenoxy) is 1. The number of aromatic nitrogens is 2. The second-order valence-electron chi connectivity index (χ2n) is 8.36. The van der Waals surface area contributed by atoms with Crippen molar-refractivity contribution >= 4 is 44.6 Å². The summed E-state index contributed by atoms with van der Waals surface area (Å²) in [6.45, 7) is 6.03. The summed E-state index contributed by atoms with van der Waals surface area (Å²) in [5, 5.41) is 20.4. The van der Waals surface area contributed by atoms with Crippen molar-refractivity contribution in [3.8, 4) is 11.1 Å². The van der Waals surface area contributed by atoms with E-state index in [4.69, 9.17) is 4.74 Å². The zero-order valence-corrected chi connectivity index (χ0v) is 21.9. The zero-order valence-electron chi connectivity index (χ0n) is 20.2. The Labute approximate surface area is 210 Å². The maximum absolute atomic E-state index is 12.8. The number of thiophene rings is 1. The summed E-state index contributed by atoms with van der Waals surface area (Å²) in [6.07, 6.45) is 3.08. The van der Waals surface area contributed by atoms with Gasteiger partial charge in [-0.2, -0.15) is 16.3 Å². The lowest BCUT2D eigenvalue weighted by Crippen LogP contribution is -2.26. The lowest BCUT2D eigenvalue weighted by atomic mass is 10.0. The molecule has 2 atom stereocenters. The molecular weight excluding hydrogens is 486 g/mol. The Morgan fingerprint density at radius 1 is 1.26 bits per heavy atom. The number of carbonyl (C=O) groups excluding carboxylic acids is 1. The van der Waals surface area contributed by atoms with Gasteiger partial charge < -0.3 is 20.5 Å². The predicted octanol–water partition coefficient (Wildman–Crippen LogP) is 5.38. The molecule has 0 spiro atoms. The number of benzene rings is 1. The van der Waals surface area contributed by atoms with Gasteiger partial charge in [0.1, 0.15) is 5.82 Å². The summed E-state index contributed by atoms with van der Waals surface area (Å²) in [7, 11) is -2.93. The summed E-state index contributed by atoms with van der Waals surface area (Å²) in [5.74, 6) is 1.41. The monoisotopic (exact) mass is 517 g/mol. The Balaban J connectivity index is 1.85. The maximum atomic E-state index is 12.8. The van der Waals surface area contributed by atoms with E-state index >= 15 is 0 Å². The highest BCUT2D eigenvalue weighted by Crippen LogP contribution is 2.30. The normalized spacial score (nSPS) is 13.7. The van der Waals surface area contributed by atoms with Crippen LogP contribution >= 0.6 is 11.3 Å². The second-order valence-corrected chi connectivity index (χ2v) is 11.4. The molecule has 1 amide bonds. The van der Waals surface area contributed by atoms with Gasteiger partial charge in [-0.25, -0.2) is 14.0 Å². The molecule has 188 valence electrons. The fourth-order valence-electron chi connectivity index (χ4n) is 3.39. The van der Waals surface area contributed by atoms with Crippen LogP contribution in [-0.2, 0) is 14.5 Å². The van der Waals surface area contributed by atoms with Crippen molar-refractivity contribution in [2.24, 2.45) is 10.3 Å². The topological polar surface area (TPSA) is 126 Å². The molecule has 2 aromatic heterocycles. The fraction of sp³-hybridized carbons (Fsp3) is 0.375. The van der Waals surface area contributed by atoms with E-state index in [1.807, 2.05) is 16.8 Å². The van der Waals surface area contributed by atoms with Crippen molar-refractivity contribution in [2.45, 2.75) is 38.1 Å². The van der Waals surface area contributed by atoms with Gasteiger partial charge in [0.25, 0.3) is 0 Å². The van der Waals surface area contributed by atoms with Crippen LogP contribution in [0, 0.1) is 5.92 Å². The molecule has 0 saturated carbocycles. The lowest BCUT2D eigenvalue weighted by Gasteiger charge is -2.21. The van der Waals surface area contributed by atoms with Gasteiger partial charge in [0.05, 0.1) is 29.0 Å². The molecular formula is C24H31N5O4S2. The number of aliphatic hydroxyl groups excluding tert-OH is 1. The van der Waals surface area contributed by atoms with Gasteiger partial charge in [-0.3, -0.25) is 0 Å². The Morgan fingerprint density at radius 2 is 2.00 bits per heavy atom. The Kier molecular flexibility index (Phi) is 9.19. The van der Waals surface area contributed by atoms with Crippen LogP contribution in [0.4, 0.5) is 22.2 Å². The van der Waals surface area contributed by atoms with Gasteiger partial charge in [0.2, 0.25) is 5.95 Å². The molecule has 35 heavy (non-hydrogen) atoms. The zero-order chi connectivity index (χ0) is 25.4. The third kappa shape index (κ3) is 7.48. The molecule has 0 aliphatic rings. The molecule has 0 aliphatic carbocycles. The number of carbonyl (C=O) groups is 1. The third-order valence-corrected chi connectivity index (χ3v) is 7.33. The van der Waals surface area contributed by atoms with E-state index in [0.29, 0.717) is 28.3 Å². The second kappa shape index (κ2) is 12.1. The third-order valence-electron chi connectivity index (χ3n) is 5.00. The van der Waals surface area contributed by atoms with Crippen LogP contribution in [0.3, 0.4) is 0 Å². The first-order valence-electron chi connectivity index (χ1n) is 11.2. The Hall–Kier alpha value is -3.02. The average molecular weight is 518 g/mol. The molecule has 2 heterocycles. The number of amides is 1. The summed E-state index contributed by atoms with van der Waals surface area (Å²) in [4.78, 5) is 21.2. The van der Waals surface area contributed by atoms with Crippen LogP contribution in [0.2, 0.25) is 0 Å². The average Bonchev–Trinajstić information content (AvgIpc) is 3.33. The molecule has 0 radical (unpaired) electrons. The van der Waals surface area contributed by atoms with Gasteiger partial charge >= 0.3 is 6.09 Å². The van der Waals surface area contributed by atoms with Crippen LogP contribution < -0.4 is 10.6 Å². The SMILES string of the molecule is CCOC(=O)N=S(C)(=O)c1ccc(Nc2ncc(-c3ccsc3)c(N[C@H](CO)CC(C)C)n2)cc1. The van der Waals surface area contributed by atoms with Gasteiger partial charge in [-0.15, -0.1) is 4.36 Å². The number of aliphatic hydroxyl groups is 1. The van der Waals surface area contributed by atoms with Gasteiger partial charge in [0, 0.05) is 28.6 Å². The number of anilines is 3. The maximum Gasteiger partial charge on any atom is 0.442 e. The number of nitrogens with one attached hydrogen (secondary N) is 2. The molecule has 11 heteroatoms. The minimum atomic E-state index is -2.93. The molecule has 3 rings (SSSR count). The van der Waals surface area contributed by atoms with Crippen molar-refractivity contribution in [1.29, 1.82) is 0 Å². The van der Waals surface area contributed by atoms with Crippen molar-refractivity contribution in [2.75, 3.05) is 30.1 Å². The smallest absolute Gasteiger partial charge is 0.442 e. The van der Waals surface area contributed by atoms with Gasteiger partial charge in [0.15, 0.2) is 0 Å². The molecule has 1 unspecified atom stereocenters. The van der Waals surface area contributed by atoms with E-state index in [-0.39, 0.29) is 19.3 Å². The first kappa shape index (κ1) is 26.6. The number of nitrogens with zero attached hydrogens (tertiary/aromatic N) is 3. The summed E-state index contributed by atoms with van der Waals surface area (Å²) in [6, 6.07) is 8.57. The highest BCUT2D eigenvalue weighted by molar-refractivity contribution is 7.93. The molecule has 0 aliphatic heterocycles. The lowest BCUT2D eigenvalue weighted by molar-refractivity contribution is 0.164. The molecule has 9 nitrogen and oxygen atoms in total. The van der Waals surface area contributed by atoms with Crippen LogP contribution in [0.25, 0.3) is 11.1 Å². The van der Waals surface area contributed by atoms with Gasteiger partial charge in [-0.05, 0) is 65.9 Å². The van der Waals surface area contributed by atoms with E-state index in [0.717, 1.165) is 17.5 Å². The van der Waals surface area contributed by atoms with E-state index in [1.54, 1.807) is 48.7 Å². The molecule has 0 saturated heterocycles. The van der Waals surface area contributed by atoms with E-state index in [9.17, 15) is 14.1 Å². The largest absolute Gasteiger partial charge is 0.448 e. The highest BCUT2D eigenvalue weighted by Gasteiger charge is 2.16. The van der Waals surface area contributed by atoms with Crippen molar-refractivity contribution in [1.82, 2.24) is 9.97 Å². The van der Waals surface area contributed by atoms with Crippen LogP contribution in [0.15, 0.2) is 56.5 Å². The minimum Gasteiger partial charge on any atom is -0.448 e. The fourth-order valence-corrected chi connectivity index (χ4v) is 5.13. The predicted molar refractivity (Wildman–Crippen MR) is 141 cm³/mol. The van der Waals surface area contributed by atoms with E-state index < -0.39 is 15.8 Å². The van der Waals surface area contributed by atoms with Crippen molar-refractivity contribution in [3.63, 3.8) is 0 Å². The standard InChI is InChI=1S/C24H31N5O4S2/c1-5-33-24(31)29-35(4,32)20-8-6-18(7-9-20)27-23-25-13-21(17-10-11-34-15-17)22(28-23)26-19(14-30)12-16(2)3/h6-11,13,15-16,19,30H,5,12,14H2,1-4H3,(H2,25,26,27,28)/t19-,35?/m0/s1. The van der Waals surface area contributed by atoms with E-state index in [1.165, 1.54) is 6.26 Å².